The van der Waals surface area contributed by atoms with Gasteiger partial charge in [-0.25, -0.2) is 4.79 Å². The van der Waals surface area contributed by atoms with Crippen molar-refractivity contribution in [1.82, 2.24) is 0 Å². The Balaban J connectivity index is 3.05. The molecule has 3 heteroatoms. The van der Waals surface area contributed by atoms with E-state index in [1.807, 2.05) is 0 Å². The molecule has 0 heterocycles. The molecule has 0 unspecified atom stereocenters. The molecule has 0 aliphatic carbocycles. The lowest BCUT2D eigenvalue weighted by Gasteiger charge is -2.09. The lowest BCUT2D eigenvalue weighted by Crippen LogP contribution is -2.02. The van der Waals surface area contributed by atoms with Crippen LogP contribution in [0.5, 0.6) is 5.75 Å². The minimum Gasteiger partial charge on any atom is -0.872 e. The van der Waals surface area contributed by atoms with E-state index in [1.54, 1.807) is 6.92 Å². The lowest BCUT2D eigenvalue weighted by molar-refractivity contribution is -0.269. The third-order valence-electron chi connectivity index (χ3n) is 1.60. The molecule has 0 aromatic heterocycles. The molecule has 1 aromatic carbocycles. The molecule has 64 valence electrons. The van der Waals surface area contributed by atoms with Gasteiger partial charge in [-0.05, 0) is 19.1 Å². The van der Waals surface area contributed by atoms with Crippen molar-refractivity contribution in [3.8, 4) is 5.75 Å². The van der Waals surface area contributed by atoms with E-state index < -0.39 is 5.97 Å². The Morgan fingerprint density at radius 1 is 1.50 bits per heavy atom. The summed E-state index contributed by atoms with van der Waals surface area (Å²) in [4.78, 5) is 11.0. The molecular formula is C9H9O3-. The summed E-state index contributed by atoms with van der Waals surface area (Å²) in [7, 11) is 1.31. The van der Waals surface area contributed by atoms with E-state index in [0.29, 0.717) is 11.1 Å². The summed E-state index contributed by atoms with van der Waals surface area (Å²) in [6.07, 6.45) is 0. The van der Waals surface area contributed by atoms with E-state index in [2.05, 4.69) is 4.74 Å². The van der Waals surface area contributed by atoms with Crippen LogP contribution in [0.2, 0.25) is 0 Å². The Kier molecular flexibility index (Phi) is 2.33. The van der Waals surface area contributed by atoms with Gasteiger partial charge in [-0.1, -0.05) is 11.6 Å². The topological polar surface area (TPSA) is 49.4 Å². The molecule has 0 saturated heterocycles. The van der Waals surface area contributed by atoms with E-state index >= 15 is 0 Å². The fourth-order valence-electron chi connectivity index (χ4n) is 0.894. The highest BCUT2D eigenvalue weighted by molar-refractivity contribution is 5.89. The average molecular weight is 165 g/mol. The van der Waals surface area contributed by atoms with Crippen LogP contribution in [0.4, 0.5) is 0 Å². The zero-order valence-electron chi connectivity index (χ0n) is 6.96. The fraction of sp³-hybridized carbons (Fsp3) is 0.222. The molecule has 0 amide bonds. The zero-order chi connectivity index (χ0) is 9.14. The third kappa shape index (κ3) is 1.56. The Hall–Kier alpha value is -1.51. The van der Waals surface area contributed by atoms with Crippen LogP contribution in [0.1, 0.15) is 15.9 Å². The van der Waals surface area contributed by atoms with Gasteiger partial charge in [0, 0.05) is 0 Å². The quantitative estimate of drug-likeness (QED) is 0.580. The van der Waals surface area contributed by atoms with Crippen LogP contribution in [0.15, 0.2) is 18.2 Å². The van der Waals surface area contributed by atoms with Crippen molar-refractivity contribution in [1.29, 1.82) is 0 Å². The van der Waals surface area contributed by atoms with Gasteiger partial charge < -0.3 is 9.84 Å². The van der Waals surface area contributed by atoms with Crippen LogP contribution in [0.3, 0.4) is 0 Å². The molecule has 3 nitrogen and oxygen atoms in total. The van der Waals surface area contributed by atoms with Crippen LogP contribution in [-0.4, -0.2) is 13.1 Å². The predicted octanol–water partition coefficient (Wildman–Crippen LogP) is 0.855. The smallest absolute Gasteiger partial charge is 0.337 e. The van der Waals surface area contributed by atoms with Crippen molar-refractivity contribution in [3.05, 3.63) is 29.3 Å². The number of carbonyl (C=O) groups is 1. The predicted molar refractivity (Wildman–Crippen MR) is 42.0 cm³/mol. The van der Waals surface area contributed by atoms with E-state index in [1.165, 1.54) is 25.3 Å². The van der Waals surface area contributed by atoms with Crippen LogP contribution in [0.25, 0.3) is 0 Å². The SMILES string of the molecule is COC(=O)c1ccc([O-])c(C)c1. The highest BCUT2D eigenvalue weighted by Gasteiger charge is 2.03. The van der Waals surface area contributed by atoms with E-state index in [9.17, 15) is 9.90 Å². The molecule has 0 radical (unpaired) electrons. The number of hydrogen-bond donors (Lipinski definition) is 0. The molecule has 1 aromatic rings. The maximum atomic E-state index is 11.0. The van der Waals surface area contributed by atoms with Gasteiger partial charge in [0.15, 0.2) is 0 Å². The minimum absolute atomic E-state index is 0.0670. The number of hydrogen-bond acceptors (Lipinski definition) is 3. The van der Waals surface area contributed by atoms with Crippen LogP contribution >= 0.6 is 0 Å². The summed E-state index contributed by atoms with van der Waals surface area (Å²) in [6.45, 7) is 1.66. The number of ether oxygens (including phenoxy) is 1. The monoisotopic (exact) mass is 165 g/mol. The van der Waals surface area contributed by atoms with Gasteiger partial charge in [-0.2, -0.15) is 0 Å². The Bertz CT molecular complexity index is 305. The number of methoxy groups -OCH3 is 1. The second kappa shape index (κ2) is 3.26. The molecule has 0 aliphatic heterocycles. The first-order valence-corrected chi connectivity index (χ1v) is 3.51. The van der Waals surface area contributed by atoms with Crippen molar-refractivity contribution >= 4 is 5.97 Å². The lowest BCUT2D eigenvalue weighted by atomic mass is 10.1. The van der Waals surface area contributed by atoms with E-state index in [-0.39, 0.29) is 5.75 Å². The molecule has 0 N–H and O–H groups in total. The van der Waals surface area contributed by atoms with Crippen molar-refractivity contribution in [2.45, 2.75) is 6.92 Å². The molecule has 0 spiro atoms. The van der Waals surface area contributed by atoms with E-state index in [4.69, 9.17) is 0 Å². The molecular weight excluding hydrogens is 156 g/mol. The number of aryl methyl sites for hydroxylation is 1. The van der Waals surface area contributed by atoms with E-state index in [0.717, 1.165) is 0 Å². The molecule has 0 bridgehead atoms. The molecule has 0 aliphatic rings. The minimum atomic E-state index is -0.418. The van der Waals surface area contributed by atoms with Crippen LogP contribution in [-0.2, 0) is 4.74 Å². The van der Waals surface area contributed by atoms with Crippen molar-refractivity contribution in [2.75, 3.05) is 7.11 Å². The normalized spacial score (nSPS) is 9.50. The molecule has 12 heavy (non-hydrogen) atoms. The summed E-state index contributed by atoms with van der Waals surface area (Å²) in [5.74, 6) is -0.485. The second-order valence-corrected chi connectivity index (χ2v) is 2.47. The molecule has 0 saturated carbocycles. The average Bonchev–Trinajstić information content (AvgIpc) is 2.08. The fourth-order valence-corrected chi connectivity index (χ4v) is 0.894. The van der Waals surface area contributed by atoms with Crippen LogP contribution < -0.4 is 5.11 Å². The summed E-state index contributed by atoms with van der Waals surface area (Å²) in [5.41, 5.74) is 0.965. The van der Waals surface area contributed by atoms with Gasteiger partial charge >= 0.3 is 5.97 Å². The summed E-state index contributed by atoms with van der Waals surface area (Å²) in [6, 6.07) is 4.34. The van der Waals surface area contributed by atoms with Gasteiger partial charge in [0.25, 0.3) is 0 Å². The van der Waals surface area contributed by atoms with Gasteiger partial charge in [0.1, 0.15) is 0 Å². The molecule has 1 rings (SSSR count). The summed E-state index contributed by atoms with van der Waals surface area (Å²) in [5, 5.41) is 10.9. The first-order chi connectivity index (χ1) is 5.65. The summed E-state index contributed by atoms with van der Waals surface area (Å²) >= 11 is 0. The molecule has 0 fully saturated rings. The second-order valence-electron chi connectivity index (χ2n) is 2.47. The Morgan fingerprint density at radius 3 is 2.67 bits per heavy atom. The maximum absolute atomic E-state index is 11.0. The number of carbonyl (C=O) groups excluding carboxylic acids is 1. The number of rotatable bonds is 1. The zero-order valence-corrected chi connectivity index (χ0v) is 6.96. The summed E-state index contributed by atoms with van der Waals surface area (Å²) < 4.78 is 4.49. The van der Waals surface area contributed by atoms with Gasteiger partial charge in [-0.15, -0.1) is 5.75 Å². The van der Waals surface area contributed by atoms with Crippen molar-refractivity contribution in [3.63, 3.8) is 0 Å². The molecule has 0 atom stereocenters. The van der Waals surface area contributed by atoms with Gasteiger partial charge in [0.2, 0.25) is 0 Å². The first kappa shape index (κ1) is 8.59. The standard InChI is InChI=1S/C9H10O3/c1-6-5-7(9(11)12-2)3-4-8(6)10/h3-5,10H,1-2H3/p-1. The highest BCUT2D eigenvalue weighted by Crippen LogP contribution is 2.14. The van der Waals surface area contributed by atoms with Crippen molar-refractivity contribution < 1.29 is 14.6 Å². The number of benzene rings is 1. The Labute approximate surface area is 70.6 Å². The van der Waals surface area contributed by atoms with Gasteiger partial charge in [0.05, 0.1) is 12.7 Å². The largest absolute Gasteiger partial charge is 0.872 e. The Morgan fingerprint density at radius 2 is 2.17 bits per heavy atom. The van der Waals surface area contributed by atoms with Crippen LogP contribution in [0, 0.1) is 6.92 Å². The maximum Gasteiger partial charge on any atom is 0.337 e. The third-order valence-corrected chi connectivity index (χ3v) is 1.60. The first-order valence-electron chi connectivity index (χ1n) is 3.51. The van der Waals surface area contributed by atoms with Crippen molar-refractivity contribution in [2.24, 2.45) is 0 Å². The van der Waals surface area contributed by atoms with Gasteiger partial charge in [-0.3, -0.25) is 0 Å². The number of esters is 1. The highest BCUT2D eigenvalue weighted by atomic mass is 16.5.